The maximum absolute atomic E-state index is 10.3. The third-order valence-corrected chi connectivity index (χ3v) is 5.68. The van der Waals surface area contributed by atoms with Gasteiger partial charge in [0.15, 0.2) is 0 Å². The van der Waals surface area contributed by atoms with Gasteiger partial charge < -0.3 is 9.84 Å². The highest BCUT2D eigenvalue weighted by molar-refractivity contribution is 9.10. The first kappa shape index (κ1) is 11.9. The predicted molar refractivity (Wildman–Crippen MR) is 73.6 cm³/mol. The van der Waals surface area contributed by atoms with E-state index in [1.807, 2.05) is 30.0 Å². The zero-order valence-electron chi connectivity index (χ0n) is 9.65. The van der Waals surface area contributed by atoms with Crippen LogP contribution in [0.1, 0.15) is 31.4 Å². The number of hydrogen-bond acceptors (Lipinski definition) is 3. The Balaban J connectivity index is 2.02. The number of fused-ring (bicyclic) bond motifs is 1. The summed E-state index contributed by atoms with van der Waals surface area (Å²) in [5.74, 6) is 1.96. The zero-order chi connectivity index (χ0) is 12.0. The van der Waals surface area contributed by atoms with Gasteiger partial charge in [0.2, 0.25) is 0 Å². The molecule has 1 fully saturated rings. The molecule has 2 heterocycles. The Morgan fingerprint density at radius 2 is 2.35 bits per heavy atom. The summed E-state index contributed by atoms with van der Waals surface area (Å²) in [6.07, 6.45) is 1.35. The van der Waals surface area contributed by atoms with Gasteiger partial charge in [0.05, 0.1) is 6.10 Å². The average molecular weight is 315 g/mol. The van der Waals surface area contributed by atoms with Gasteiger partial charge in [-0.3, -0.25) is 0 Å². The number of rotatable bonds is 0. The fraction of sp³-hybridized carbons (Fsp3) is 0.538. The summed E-state index contributed by atoms with van der Waals surface area (Å²) < 4.78 is 7.23. The number of benzene rings is 1. The monoisotopic (exact) mass is 314 g/mol. The molecule has 1 aromatic carbocycles. The molecule has 2 nitrogen and oxygen atoms in total. The maximum atomic E-state index is 10.3. The van der Waals surface area contributed by atoms with Crippen LogP contribution in [-0.2, 0) is 0 Å². The number of aliphatic hydroxyl groups excluding tert-OH is 1. The minimum Gasteiger partial charge on any atom is -0.486 e. The molecule has 2 aliphatic rings. The standard InChI is InChI=1S/C13H15BrO2S/c1-8-13(4-5-17-8)7-11(15)10-3-2-9(14)6-12(10)16-13/h2-3,6,8,11,15H,4-5,7H2,1H3/t8?,11-,13?/m0/s1. The molecule has 0 aliphatic carbocycles. The van der Waals surface area contributed by atoms with Crippen molar-refractivity contribution in [3.05, 3.63) is 28.2 Å². The lowest BCUT2D eigenvalue weighted by atomic mass is 9.85. The number of hydrogen-bond donors (Lipinski definition) is 1. The average Bonchev–Trinajstić information content (AvgIpc) is 2.59. The van der Waals surface area contributed by atoms with Gasteiger partial charge in [0.1, 0.15) is 11.4 Å². The molecule has 1 aromatic rings. The van der Waals surface area contributed by atoms with E-state index in [1.165, 1.54) is 0 Å². The number of thioether (sulfide) groups is 1. The first-order valence-electron chi connectivity index (χ1n) is 5.89. The molecule has 2 unspecified atom stereocenters. The van der Waals surface area contributed by atoms with Crippen LogP contribution >= 0.6 is 27.7 Å². The summed E-state index contributed by atoms with van der Waals surface area (Å²) in [7, 11) is 0. The van der Waals surface area contributed by atoms with Crippen molar-refractivity contribution in [2.75, 3.05) is 5.75 Å². The van der Waals surface area contributed by atoms with Crippen molar-refractivity contribution in [1.82, 2.24) is 0 Å². The van der Waals surface area contributed by atoms with Gasteiger partial charge in [0, 0.05) is 21.7 Å². The molecule has 3 atom stereocenters. The van der Waals surface area contributed by atoms with Crippen LogP contribution in [0.4, 0.5) is 0 Å². The molecule has 4 heteroatoms. The number of aliphatic hydroxyl groups is 1. The largest absolute Gasteiger partial charge is 0.486 e. The quantitative estimate of drug-likeness (QED) is 0.794. The Kier molecular flexibility index (Phi) is 2.92. The highest BCUT2D eigenvalue weighted by Gasteiger charge is 2.48. The van der Waals surface area contributed by atoms with Gasteiger partial charge in [-0.1, -0.05) is 22.0 Å². The number of ether oxygens (including phenoxy) is 1. The minimum atomic E-state index is -0.395. The van der Waals surface area contributed by atoms with E-state index in [9.17, 15) is 5.11 Å². The molecule has 92 valence electrons. The first-order valence-corrected chi connectivity index (χ1v) is 7.73. The molecule has 0 bridgehead atoms. The van der Waals surface area contributed by atoms with E-state index >= 15 is 0 Å². The molecule has 0 radical (unpaired) electrons. The van der Waals surface area contributed by atoms with Crippen LogP contribution in [0.3, 0.4) is 0 Å². The number of halogens is 1. The van der Waals surface area contributed by atoms with Crippen LogP contribution < -0.4 is 4.74 Å². The highest BCUT2D eigenvalue weighted by atomic mass is 79.9. The third-order valence-electron chi connectivity index (χ3n) is 3.82. The topological polar surface area (TPSA) is 29.5 Å². The van der Waals surface area contributed by atoms with E-state index in [0.29, 0.717) is 5.25 Å². The summed E-state index contributed by atoms with van der Waals surface area (Å²) in [4.78, 5) is 0. The molecule has 17 heavy (non-hydrogen) atoms. The Labute approximate surface area is 114 Å². The van der Waals surface area contributed by atoms with Crippen LogP contribution in [0.5, 0.6) is 5.75 Å². The smallest absolute Gasteiger partial charge is 0.127 e. The molecule has 1 N–H and O–H groups in total. The normalized spacial score (nSPS) is 35.7. The van der Waals surface area contributed by atoms with E-state index in [-0.39, 0.29) is 5.60 Å². The summed E-state index contributed by atoms with van der Waals surface area (Å²) in [5.41, 5.74) is 0.751. The summed E-state index contributed by atoms with van der Waals surface area (Å²) in [6.45, 7) is 2.20. The highest BCUT2D eigenvalue weighted by Crippen LogP contribution is 2.49. The van der Waals surface area contributed by atoms with Crippen molar-refractivity contribution in [3.63, 3.8) is 0 Å². The van der Waals surface area contributed by atoms with Crippen LogP contribution in [-0.4, -0.2) is 21.7 Å². The Morgan fingerprint density at radius 1 is 1.53 bits per heavy atom. The second kappa shape index (κ2) is 4.18. The SMILES string of the molecule is CC1SCCC12C[C@H](O)c1ccc(Br)cc1O2. The molecule has 1 spiro atoms. The Morgan fingerprint density at radius 3 is 3.06 bits per heavy atom. The fourth-order valence-corrected chi connectivity index (χ4v) is 4.46. The minimum absolute atomic E-state index is 0.169. The summed E-state index contributed by atoms with van der Waals surface area (Å²) >= 11 is 5.39. The van der Waals surface area contributed by atoms with Crippen molar-refractivity contribution in [1.29, 1.82) is 0 Å². The maximum Gasteiger partial charge on any atom is 0.127 e. The Hall–Kier alpha value is -0.190. The molecular weight excluding hydrogens is 300 g/mol. The zero-order valence-corrected chi connectivity index (χ0v) is 12.1. The molecule has 2 aliphatic heterocycles. The van der Waals surface area contributed by atoms with Gasteiger partial charge in [-0.25, -0.2) is 0 Å². The van der Waals surface area contributed by atoms with Crippen molar-refractivity contribution < 1.29 is 9.84 Å². The van der Waals surface area contributed by atoms with Crippen molar-refractivity contribution in [2.24, 2.45) is 0 Å². The van der Waals surface area contributed by atoms with Gasteiger partial charge in [-0.2, -0.15) is 11.8 Å². The van der Waals surface area contributed by atoms with Crippen LogP contribution in [0, 0.1) is 0 Å². The second-order valence-electron chi connectivity index (χ2n) is 4.83. The van der Waals surface area contributed by atoms with Crippen LogP contribution in [0.15, 0.2) is 22.7 Å². The van der Waals surface area contributed by atoms with E-state index in [2.05, 4.69) is 22.9 Å². The van der Waals surface area contributed by atoms with E-state index in [1.54, 1.807) is 0 Å². The van der Waals surface area contributed by atoms with E-state index in [4.69, 9.17) is 4.74 Å². The van der Waals surface area contributed by atoms with Crippen LogP contribution in [0.2, 0.25) is 0 Å². The molecular formula is C13H15BrO2S. The van der Waals surface area contributed by atoms with Gasteiger partial charge in [0.25, 0.3) is 0 Å². The first-order chi connectivity index (χ1) is 8.11. The molecule has 0 amide bonds. The summed E-state index contributed by atoms with van der Waals surface area (Å²) in [5, 5.41) is 10.7. The second-order valence-corrected chi connectivity index (χ2v) is 7.20. The lowest BCUT2D eigenvalue weighted by Gasteiger charge is -2.40. The fourth-order valence-electron chi connectivity index (χ4n) is 2.74. The van der Waals surface area contributed by atoms with Gasteiger partial charge in [-0.05, 0) is 31.2 Å². The predicted octanol–water partition coefficient (Wildman–Crippen LogP) is 3.53. The van der Waals surface area contributed by atoms with Gasteiger partial charge >= 0.3 is 0 Å². The molecule has 0 saturated carbocycles. The van der Waals surface area contributed by atoms with Crippen molar-refractivity contribution in [3.8, 4) is 5.75 Å². The lowest BCUT2D eigenvalue weighted by Crippen LogP contribution is -2.45. The molecule has 3 rings (SSSR count). The molecule has 1 saturated heterocycles. The van der Waals surface area contributed by atoms with E-state index < -0.39 is 6.10 Å². The molecule has 0 aromatic heterocycles. The van der Waals surface area contributed by atoms with Gasteiger partial charge in [-0.15, -0.1) is 0 Å². The van der Waals surface area contributed by atoms with Crippen molar-refractivity contribution >= 4 is 27.7 Å². The Bertz CT molecular complexity index is 451. The van der Waals surface area contributed by atoms with Crippen molar-refractivity contribution in [2.45, 2.75) is 36.7 Å². The summed E-state index contributed by atoms with van der Waals surface area (Å²) in [6, 6.07) is 5.87. The van der Waals surface area contributed by atoms with Crippen LogP contribution in [0.25, 0.3) is 0 Å². The lowest BCUT2D eigenvalue weighted by molar-refractivity contribution is -0.0103. The third kappa shape index (κ3) is 1.90. The van der Waals surface area contributed by atoms with E-state index in [0.717, 1.165) is 34.4 Å².